The number of carbonyl (C=O) groups is 4. The maximum absolute atomic E-state index is 12.7. The summed E-state index contributed by atoms with van der Waals surface area (Å²) in [7, 11) is 0. The third kappa shape index (κ3) is 3.99. The van der Waals surface area contributed by atoms with Gasteiger partial charge in [-0.1, -0.05) is 0 Å². The van der Waals surface area contributed by atoms with Crippen LogP contribution in [0.3, 0.4) is 0 Å². The molecule has 0 saturated carbocycles. The summed E-state index contributed by atoms with van der Waals surface area (Å²) < 4.78 is 5.37. The van der Waals surface area contributed by atoms with Gasteiger partial charge in [0.1, 0.15) is 23.7 Å². The van der Waals surface area contributed by atoms with E-state index in [1.807, 2.05) is 0 Å². The number of primary amides is 1. The minimum Gasteiger partial charge on any atom is -0.444 e. The first-order chi connectivity index (χ1) is 12.6. The fraction of sp³-hybridized carbons (Fsp3) is 0.765. The Bertz CT molecular complexity index is 664. The second-order valence-corrected chi connectivity index (χ2v) is 9.29. The molecular weight excluding hydrogens is 372 g/mol. The molecule has 0 aromatic carbocycles. The van der Waals surface area contributed by atoms with Crippen LogP contribution in [0.2, 0.25) is 0 Å². The smallest absolute Gasteiger partial charge is 0.410 e. The highest BCUT2D eigenvalue weighted by atomic mass is 32.2. The van der Waals surface area contributed by atoms with Gasteiger partial charge >= 0.3 is 6.09 Å². The molecule has 3 aliphatic rings. The van der Waals surface area contributed by atoms with Gasteiger partial charge in [0.15, 0.2) is 0 Å². The van der Waals surface area contributed by atoms with E-state index in [9.17, 15) is 19.2 Å². The number of thioether (sulfide) groups is 1. The van der Waals surface area contributed by atoms with Crippen LogP contribution >= 0.6 is 11.8 Å². The van der Waals surface area contributed by atoms with E-state index in [-0.39, 0.29) is 17.2 Å². The topological polar surface area (TPSA) is 122 Å². The maximum Gasteiger partial charge on any atom is 0.410 e. The highest BCUT2D eigenvalue weighted by Crippen LogP contribution is 2.37. The molecule has 3 N–H and O–H groups in total. The van der Waals surface area contributed by atoms with Gasteiger partial charge in [0.25, 0.3) is 0 Å². The van der Waals surface area contributed by atoms with Crippen LogP contribution in [-0.4, -0.2) is 75.0 Å². The maximum atomic E-state index is 12.7. The van der Waals surface area contributed by atoms with E-state index in [2.05, 4.69) is 5.32 Å². The molecule has 9 nitrogen and oxygen atoms in total. The van der Waals surface area contributed by atoms with Crippen molar-refractivity contribution in [3.8, 4) is 0 Å². The minimum absolute atomic E-state index is 0.147. The van der Waals surface area contributed by atoms with Gasteiger partial charge in [0.05, 0.1) is 5.37 Å². The zero-order valence-electron chi connectivity index (χ0n) is 15.8. The number of nitrogens with two attached hydrogens (primary N) is 1. The van der Waals surface area contributed by atoms with Gasteiger partial charge in [-0.3, -0.25) is 19.3 Å². The fourth-order valence-electron chi connectivity index (χ4n) is 3.71. The van der Waals surface area contributed by atoms with E-state index in [1.165, 1.54) is 21.6 Å². The fourth-order valence-corrected chi connectivity index (χ4v) is 5.18. The molecular formula is C17H26N4O5S. The summed E-state index contributed by atoms with van der Waals surface area (Å²) in [4.78, 5) is 52.2. The predicted molar refractivity (Wildman–Crippen MR) is 98.6 cm³/mol. The summed E-state index contributed by atoms with van der Waals surface area (Å²) in [5.41, 5.74) is 4.73. The summed E-state index contributed by atoms with van der Waals surface area (Å²) in [5, 5.41) is 2.61. The molecule has 27 heavy (non-hydrogen) atoms. The Hall–Kier alpha value is -1.97. The number of hydrogen-bond acceptors (Lipinski definition) is 6. The van der Waals surface area contributed by atoms with Crippen molar-refractivity contribution in [3.05, 3.63) is 0 Å². The molecule has 0 spiro atoms. The SMILES string of the molecule is CC(C)(C)OC(=O)N1CCC[C@H]1C(=O)N[C@@H]1C[C@H]2SC[C@H](C(N)=O)N2C1=O. The summed E-state index contributed by atoms with van der Waals surface area (Å²) in [6.07, 6.45) is 1.13. The van der Waals surface area contributed by atoms with Gasteiger partial charge in [-0.05, 0) is 33.6 Å². The molecule has 3 saturated heterocycles. The number of carbonyl (C=O) groups excluding carboxylic acids is 4. The standard InChI is InChI=1S/C17H26N4O5S/c1-17(2,3)26-16(25)20-6-4-5-10(20)14(23)19-9-7-12-21(15(9)24)11(8-27-12)13(18)22/h9-12H,4-8H2,1-3H3,(H2,18,22)(H,19,23)/t9-,10+,11-,12-/m1/s1. The molecule has 0 radical (unpaired) electrons. The normalized spacial score (nSPS) is 30.4. The number of rotatable bonds is 3. The van der Waals surface area contributed by atoms with Crippen LogP contribution < -0.4 is 11.1 Å². The molecule has 3 rings (SSSR count). The zero-order chi connectivity index (χ0) is 19.9. The lowest BCUT2D eigenvalue weighted by molar-refractivity contribution is -0.138. The van der Waals surface area contributed by atoms with Crippen LogP contribution in [0.25, 0.3) is 0 Å². The summed E-state index contributed by atoms with van der Waals surface area (Å²) in [5.74, 6) is -0.693. The Morgan fingerprint density at radius 2 is 1.96 bits per heavy atom. The van der Waals surface area contributed by atoms with E-state index < -0.39 is 35.7 Å². The molecule has 3 heterocycles. The lowest BCUT2D eigenvalue weighted by atomic mass is 10.1. The summed E-state index contributed by atoms with van der Waals surface area (Å²) in [6, 6.07) is -1.97. The van der Waals surface area contributed by atoms with Crippen molar-refractivity contribution in [1.82, 2.24) is 15.1 Å². The molecule has 10 heteroatoms. The number of likely N-dealkylation sites (tertiary alicyclic amines) is 1. The molecule has 4 amide bonds. The number of ether oxygens (including phenoxy) is 1. The van der Waals surface area contributed by atoms with Gasteiger partial charge in [-0.2, -0.15) is 0 Å². The summed E-state index contributed by atoms with van der Waals surface area (Å²) in [6.45, 7) is 5.76. The molecule has 0 aliphatic carbocycles. The number of nitrogens with zero attached hydrogens (tertiary/aromatic N) is 2. The van der Waals surface area contributed by atoms with E-state index in [4.69, 9.17) is 10.5 Å². The van der Waals surface area contributed by atoms with Crippen molar-refractivity contribution < 1.29 is 23.9 Å². The third-order valence-electron chi connectivity index (χ3n) is 4.91. The van der Waals surface area contributed by atoms with Crippen LogP contribution in [0.1, 0.15) is 40.0 Å². The van der Waals surface area contributed by atoms with E-state index in [0.29, 0.717) is 31.6 Å². The van der Waals surface area contributed by atoms with Gasteiger partial charge in [-0.15, -0.1) is 11.8 Å². The van der Waals surface area contributed by atoms with Gasteiger partial charge < -0.3 is 20.7 Å². The second-order valence-electron chi connectivity index (χ2n) is 8.08. The van der Waals surface area contributed by atoms with Gasteiger partial charge in [-0.25, -0.2) is 4.79 Å². The van der Waals surface area contributed by atoms with Gasteiger partial charge in [0, 0.05) is 18.7 Å². The first kappa shape index (κ1) is 19.8. The molecule has 4 atom stereocenters. The third-order valence-corrected chi connectivity index (χ3v) is 6.22. The lowest BCUT2D eigenvalue weighted by Gasteiger charge is -2.28. The molecule has 3 aliphatic heterocycles. The highest BCUT2D eigenvalue weighted by Gasteiger charge is 2.50. The average Bonchev–Trinajstić information content (AvgIpc) is 3.23. The van der Waals surface area contributed by atoms with Crippen LogP contribution in [0.4, 0.5) is 4.79 Å². The van der Waals surface area contributed by atoms with Crippen molar-refractivity contribution in [2.24, 2.45) is 5.73 Å². The Kier molecular flexibility index (Phi) is 5.29. The van der Waals surface area contributed by atoms with Crippen molar-refractivity contribution in [3.63, 3.8) is 0 Å². The van der Waals surface area contributed by atoms with Gasteiger partial charge in [0.2, 0.25) is 17.7 Å². The Labute approximate surface area is 162 Å². The van der Waals surface area contributed by atoms with Crippen LogP contribution in [0.15, 0.2) is 0 Å². The number of fused-ring (bicyclic) bond motifs is 1. The number of hydrogen-bond donors (Lipinski definition) is 2. The monoisotopic (exact) mass is 398 g/mol. The average molecular weight is 398 g/mol. The molecule has 0 aromatic rings. The summed E-state index contributed by atoms with van der Waals surface area (Å²) >= 11 is 1.50. The highest BCUT2D eigenvalue weighted by molar-refractivity contribution is 8.00. The number of amides is 4. The van der Waals surface area contributed by atoms with Crippen molar-refractivity contribution in [1.29, 1.82) is 0 Å². The largest absolute Gasteiger partial charge is 0.444 e. The molecule has 3 fully saturated rings. The molecule has 0 unspecified atom stereocenters. The lowest BCUT2D eigenvalue weighted by Crippen LogP contribution is -2.53. The molecule has 150 valence electrons. The van der Waals surface area contributed by atoms with Crippen LogP contribution in [0, 0.1) is 0 Å². The first-order valence-corrected chi connectivity index (χ1v) is 10.2. The predicted octanol–water partition coefficient (Wildman–Crippen LogP) is 0.0298. The second kappa shape index (κ2) is 7.21. The van der Waals surface area contributed by atoms with Crippen molar-refractivity contribution in [2.45, 2.75) is 69.1 Å². The van der Waals surface area contributed by atoms with Crippen LogP contribution in [-0.2, 0) is 19.1 Å². The van der Waals surface area contributed by atoms with Crippen molar-refractivity contribution in [2.75, 3.05) is 12.3 Å². The first-order valence-electron chi connectivity index (χ1n) is 9.11. The molecule has 0 aromatic heterocycles. The zero-order valence-corrected chi connectivity index (χ0v) is 16.6. The Morgan fingerprint density at radius 1 is 1.26 bits per heavy atom. The minimum atomic E-state index is -0.696. The van der Waals surface area contributed by atoms with E-state index >= 15 is 0 Å². The Balaban J connectivity index is 1.63. The Morgan fingerprint density at radius 3 is 2.59 bits per heavy atom. The van der Waals surface area contributed by atoms with Crippen LogP contribution in [0.5, 0.6) is 0 Å². The number of nitrogens with one attached hydrogen (secondary N) is 1. The molecule has 0 bridgehead atoms. The van der Waals surface area contributed by atoms with Crippen molar-refractivity contribution >= 4 is 35.6 Å². The van der Waals surface area contributed by atoms with E-state index in [0.717, 1.165) is 0 Å². The quantitative estimate of drug-likeness (QED) is 0.692. The van der Waals surface area contributed by atoms with E-state index in [1.54, 1.807) is 20.8 Å².